The van der Waals surface area contributed by atoms with E-state index in [0.29, 0.717) is 18.1 Å². The van der Waals surface area contributed by atoms with E-state index in [4.69, 9.17) is 14.6 Å². The van der Waals surface area contributed by atoms with Crippen LogP contribution in [-0.2, 0) is 19.1 Å². The smallest absolute Gasteiger partial charge is 0.332 e. The van der Waals surface area contributed by atoms with Crippen LogP contribution in [0.5, 0.6) is 0 Å². The van der Waals surface area contributed by atoms with Gasteiger partial charge in [-0.05, 0) is 31.6 Å². The van der Waals surface area contributed by atoms with Crippen LogP contribution in [0.25, 0.3) is 0 Å². The third-order valence-corrected chi connectivity index (χ3v) is 5.82. The van der Waals surface area contributed by atoms with E-state index in [-0.39, 0.29) is 12.7 Å². The van der Waals surface area contributed by atoms with E-state index in [1.165, 1.54) is 52.1 Å². The minimum Gasteiger partial charge on any atom is -0.479 e. The van der Waals surface area contributed by atoms with Crippen molar-refractivity contribution in [2.45, 2.75) is 103 Å². The monoisotopic (exact) mass is 384 g/mol. The van der Waals surface area contributed by atoms with Crippen LogP contribution in [0.1, 0.15) is 96.8 Å². The Morgan fingerprint density at radius 1 is 1.07 bits per heavy atom. The van der Waals surface area contributed by atoms with Crippen LogP contribution in [0.15, 0.2) is 0 Å². The van der Waals surface area contributed by atoms with E-state index in [0.717, 1.165) is 38.5 Å². The zero-order valence-corrected chi connectivity index (χ0v) is 17.4. The molecule has 0 amide bonds. The van der Waals surface area contributed by atoms with Crippen molar-refractivity contribution in [1.29, 1.82) is 0 Å². The highest BCUT2D eigenvalue weighted by Gasteiger charge is 2.33. The number of rotatable bonds is 17. The second-order valence-corrected chi connectivity index (χ2v) is 7.97. The molecule has 1 aliphatic rings. The molecule has 0 aromatic carbocycles. The highest BCUT2D eigenvalue weighted by atomic mass is 16.7. The third-order valence-electron chi connectivity index (χ3n) is 5.82. The molecule has 27 heavy (non-hydrogen) atoms. The van der Waals surface area contributed by atoms with Crippen LogP contribution in [-0.4, -0.2) is 36.9 Å². The summed E-state index contributed by atoms with van der Waals surface area (Å²) in [5.74, 6) is 0.357. The maximum atomic E-state index is 12.2. The zero-order valence-electron chi connectivity index (χ0n) is 17.4. The normalized spacial score (nSPS) is 20.9. The van der Waals surface area contributed by atoms with Crippen molar-refractivity contribution >= 4 is 11.8 Å². The molecule has 1 rings (SSSR count). The summed E-state index contributed by atoms with van der Waals surface area (Å²) in [5, 5.41) is 9.12. The van der Waals surface area contributed by atoms with E-state index >= 15 is 0 Å². The predicted octanol–water partition coefficient (Wildman–Crippen LogP) is 5.36. The van der Waals surface area contributed by atoms with Gasteiger partial charge in [0.25, 0.3) is 0 Å². The van der Waals surface area contributed by atoms with E-state index in [9.17, 15) is 9.59 Å². The van der Waals surface area contributed by atoms with Crippen molar-refractivity contribution in [3.63, 3.8) is 0 Å². The molecule has 0 radical (unpaired) electrons. The molecule has 0 saturated heterocycles. The largest absolute Gasteiger partial charge is 0.479 e. The first-order valence-electron chi connectivity index (χ1n) is 11.0. The fraction of sp³-hybridized carbons (Fsp3) is 0.909. The number of carbonyl (C=O) groups is 2. The summed E-state index contributed by atoms with van der Waals surface area (Å²) in [6.07, 6.45) is 14.3. The third kappa shape index (κ3) is 10.2. The lowest BCUT2D eigenvalue weighted by Crippen LogP contribution is -2.24. The summed E-state index contributed by atoms with van der Waals surface area (Å²) in [7, 11) is 1.49. The summed E-state index contributed by atoms with van der Waals surface area (Å²) in [5.41, 5.74) is 0. The topological polar surface area (TPSA) is 72.8 Å². The Kier molecular flexibility index (Phi) is 13.4. The molecule has 5 nitrogen and oxygen atoms in total. The number of aliphatic carboxylic acids is 1. The van der Waals surface area contributed by atoms with Crippen molar-refractivity contribution < 1.29 is 24.2 Å². The van der Waals surface area contributed by atoms with Crippen LogP contribution in [0.2, 0.25) is 0 Å². The number of ketones is 1. The lowest BCUT2D eigenvalue weighted by Gasteiger charge is -2.18. The van der Waals surface area contributed by atoms with E-state index < -0.39 is 12.1 Å². The molecule has 0 heterocycles. The Morgan fingerprint density at radius 2 is 1.74 bits per heavy atom. The van der Waals surface area contributed by atoms with Crippen molar-refractivity contribution in [3.8, 4) is 0 Å². The molecule has 1 saturated carbocycles. The van der Waals surface area contributed by atoms with Gasteiger partial charge < -0.3 is 14.6 Å². The molecule has 5 heteroatoms. The summed E-state index contributed by atoms with van der Waals surface area (Å²) >= 11 is 0. The predicted molar refractivity (Wildman–Crippen MR) is 107 cm³/mol. The van der Waals surface area contributed by atoms with Crippen LogP contribution in [0, 0.1) is 11.8 Å². The van der Waals surface area contributed by atoms with Gasteiger partial charge in [-0.25, -0.2) is 4.79 Å². The fourth-order valence-corrected chi connectivity index (χ4v) is 4.21. The van der Waals surface area contributed by atoms with E-state index in [1.807, 2.05) is 0 Å². The van der Waals surface area contributed by atoms with Crippen molar-refractivity contribution in [2.75, 3.05) is 13.9 Å². The van der Waals surface area contributed by atoms with Crippen molar-refractivity contribution in [3.05, 3.63) is 0 Å². The summed E-state index contributed by atoms with van der Waals surface area (Å²) in [6, 6.07) is 0. The van der Waals surface area contributed by atoms with Gasteiger partial charge in [-0.3, -0.25) is 4.79 Å². The SMILES string of the molecule is CCCCCCCC[C@H]1CCC(=O)[C@@H]1CCCCCC(OCOC)C(=O)O. The maximum absolute atomic E-state index is 12.2. The molecule has 1 N–H and O–H groups in total. The molecule has 1 aliphatic carbocycles. The molecule has 0 aromatic heterocycles. The highest BCUT2D eigenvalue weighted by Crippen LogP contribution is 2.36. The number of Topliss-reactive ketones (excluding diaryl/α,β-unsaturated/α-hetero) is 1. The molecule has 0 aromatic rings. The number of ether oxygens (including phenoxy) is 2. The lowest BCUT2D eigenvalue weighted by molar-refractivity contribution is -0.159. The lowest BCUT2D eigenvalue weighted by atomic mass is 9.86. The van der Waals surface area contributed by atoms with Gasteiger partial charge in [0.2, 0.25) is 0 Å². The van der Waals surface area contributed by atoms with Gasteiger partial charge in [-0.1, -0.05) is 64.7 Å². The van der Waals surface area contributed by atoms with Crippen molar-refractivity contribution in [1.82, 2.24) is 0 Å². The van der Waals surface area contributed by atoms with Gasteiger partial charge in [0.05, 0.1) is 0 Å². The van der Waals surface area contributed by atoms with Crippen LogP contribution >= 0.6 is 0 Å². The Labute approximate surface area is 165 Å². The molecular weight excluding hydrogens is 344 g/mol. The fourth-order valence-electron chi connectivity index (χ4n) is 4.21. The van der Waals surface area contributed by atoms with Gasteiger partial charge >= 0.3 is 5.97 Å². The molecular formula is C22H40O5. The van der Waals surface area contributed by atoms with E-state index in [2.05, 4.69) is 6.92 Å². The molecule has 1 unspecified atom stereocenters. The van der Waals surface area contributed by atoms with Gasteiger partial charge in [0.15, 0.2) is 6.10 Å². The Bertz CT molecular complexity index is 410. The van der Waals surface area contributed by atoms with Gasteiger partial charge in [0.1, 0.15) is 12.6 Å². The first-order chi connectivity index (χ1) is 13.1. The quantitative estimate of drug-likeness (QED) is 0.270. The summed E-state index contributed by atoms with van der Waals surface area (Å²) < 4.78 is 9.95. The van der Waals surface area contributed by atoms with Crippen molar-refractivity contribution in [2.24, 2.45) is 11.8 Å². The number of methoxy groups -OCH3 is 1. The van der Waals surface area contributed by atoms with Crippen LogP contribution < -0.4 is 0 Å². The summed E-state index contributed by atoms with van der Waals surface area (Å²) in [4.78, 5) is 23.3. The van der Waals surface area contributed by atoms with Gasteiger partial charge in [0, 0.05) is 19.4 Å². The number of hydrogen-bond donors (Lipinski definition) is 1. The number of hydrogen-bond acceptors (Lipinski definition) is 4. The molecule has 158 valence electrons. The molecule has 0 bridgehead atoms. The second-order valence-electron chi connectivity index (χ2n) is 7.97. The van der Waals surface area contributed by atoms with Gasteiger partial charge in [-0.2, -0.15) is 0 Å². The average Bonchev–Trinajstić information content (AvgIpc) is 3.00. The number of carbonyl (C=O) groups excluding carboxylic acids is 1. The highest BCUT2D eigenvalue weighted by molar-refractivity contribution is 5.83. The first-order valence-corrected chi connectivity index (χ1v) is 11.0. The molecule has 0 aliphatic heterocycles. The second kappa shape index (κ2) is 15.0. The summed E-state index contributed by atoms with van der Waals surface area (Å²) in [6.45, 7) is 2.25. The number of carboxylic acids is 1. The number of unbranched alkanes of at least 4 members (excludes halogenated alkanes) is 7. The Morgan fingerprint density at radius 3 is 2.44 bits per heavy atom. The minimum absolute atomic E-state index is 0.00761. The first kappa shape index (κ1) is 24.1. The Hall–Kier alpha value is -0.940. The maximum Gasteiger partial charge on any atom is 0.332 e. The van der Waals surface area contributed by atoms with E-state index in [1.54, 1.807) is 0 Å². The average molecular weight is 385 g/mol. The standard InChI is InChI=1S/C22H40O5/c1-3-4-5-6-7-9-12-18-15-16-20(23)19(18)13-10-8-11-14-21(22(24)25)27-17-26-2/h18-19,21H,3-17H2,1-2H3,(H,24,25)/t18-,19+,21?/m0/s1. The zero-order chi connectivity index (χ0) is 19.9. The molecule has 1 fully saturated rings. The molecule has 3 atom stereocenters. The molecule has 0 spiro atoms. The van der Waals surface area contributed by atoms with Crippen LogP contribution in [0.4, 0.5) is 0 Å². The Balaban J connectivity index is 2.18. The van der Waals surface area contributed by atoms with Gasteiger partial charge in [-0.15, -0.1) is 0 Å². The van der Waals surface area contributed by atoms with Crippen LogP contribution in [0.3, 0.4) is 0 Å². The number of carboxylic acid groups (broad SMARTS) is 1. The minimum atomic E-state index is -0.933.